The molecule has 0 saturated heterocycles. The highest BCUT2D eigenvalue weighted by Crippen LogP contribution is 2.26. The maximum atomic E-state index is 13.1. The smallest absolute Gasteiger partial charge is 0.251 e. The second-order valence-corrected chi connectivity index (χ2v) is 10.1. The third-order valence-electron chi connectivity index (χ3n) is 7.08. The molecule has 4 rings (SSSR count). The number of rotatable bonds is 8. The quantitative estimate of drug-likeness (QED) is 0.435. The van der Waals surface area contributed by atoms with Crippen molar-refractivity contribution < 1.29 is 9.59 Å². The van der Waals surface area contributed by atoms with E-state index in [0.29, 0.717) is 25.2 Å². The molecule has 202 valence electrons. The summed E-state index contributed by atoms with van der Waals surface area (Å²) >= 11 is 0. The van der Waals surface area contributed by atoms with Gasteiger partial charge in [0, 0.05) is 75.7 Å². The van der Waals surface area contributed by atoms with E-state index in [0.717, 1.165) is 68.6 Å². The summed E-state index contributed by atoms with van der Waals surface area (Å²) in [5.41, 5.74) is 3.72. The Morgan fingerprint density at radius 3 is 2.58 bits per heavy atom. The molecular formula is C30H40N6O2. The van der Waals surface area contributed by atoms with Crippen LogP contribution in [0.25, 0.3) is 0 Å². The molecule has 1 aromatic carbocycles. The predicted molar refractivity (Wildman–Crippen MR) is 150 cm³/mol. The minimum absolute atomic E-state index is 0.0391. The highest BCUT2D eigenvalue weighted by molar-refractivity contribution is 5.97. The average molecular weight is 517 g/mol. The Morgan fingerprint density at radius 2 is 1.82 bits per heavy atom. The van der Waals surface area contributed by atoms with Crippen LogP contribution in [0.3, 0.4) is 0 Å². The van der Waals surface area contributed by atoms with Crippen LogP contribution in [0.2, 0.25) is 0 Å². The average Bonchev–Trinajstić information content (AvgIpc) is 3.43. The van der Waals surface area contributed by atoms with Gasteiger partial charge in [0.25, 0.3) is 5.91 Å². The molecule has 8 nitrogen and oxygen atoms in total. The topological polar surface area (TPSA) is 83.4 Å². The number of carbonyl (C=O) groups is 2. The van der Waals surface area contributed by atoms with Gasteiger partial charge in [0.05, 0.1) is 6.33 Å². The molecule has 2 amide bonds. The maximum absolute atomic E-state index is 13.1. The Balaban J connectivity index is 1.50. The van der Waals surface area contributed by atoms with Gasteiger partial charge in [-0.2, -0.15) is 0 Å². The molecule has 38 heavy (non-hydrogen) atoms. The number of nitrogens with one attached hydrogen (secondary N) is 1. The van der Waals surface area contributed by atoms with E-state index in [-0.39, 0.29) is 11.8 Å². The predicted octanol–water partition coefficient (Wildman–Crippen LogP) is 4.81. The molecular weight excluding hydrogens is 476 g/mol. The first-order valence-corrected chi connectivity index (χ1v) is 13.9. The fourth-order valence-corrected chi connectivity index (χ4v) is 5.05. The lowest BCUT2D eigenvalue weighted by Gasteiger charge is -2.29. The molecule has 3 aromatic rings. The minimum Gasteiger partial charge on any atom is -0.352 e. The molecule has 0 atom stereocenters. The zero-order valence-electron chi connectivity index (χ0n) is 22.5. The SMILES string of the molecule is CC(=O)N1CCCCCCCN(Cc2cccnc2)Cc2cc(C(=O)NCCCCn3ccnc3)ccc21. The molecule has 1 aliphatic rings. The molecule has 3 heterocycles. The molecule has 0 saturated carbocycles. The molecule has 8 heteroatoms. The van der Waals surface area contributed by atoms with Crippen molar-refractivity contribution in [2.24, 2.45) is 0 Å². The molecule has 0 aliphatic carbocycles. The van der Waals surface area contributed by atoms with E-state index in [1.54, 1.807) is 19.3 Å². The fourth-order valence-electron chi connectivity index (χ4n) is 5.05. The van der Waals surface area contributed by atoms with Crippen molar-refractivity contribution >= 4 is 17.5 Å². The zero-order valence-corrected chi connectivity index (χ0v) is 22.5. The van der Waals surface area contributed by atoms with Crippen LogP contribution in [-0.2, 0) is 24.4 Å². The van der Waals surface area contributed by atoms with Crippen LogP contribution in [0.4, 0.5) is 5.69 Å². The molecule has 2 aromatic heterocycles. The maximum Gasteiger partial charge on any atom is 0.251 e. The number of anilines is 1. The van der Waals surface area contributed by atoms with Gasteiger partial charge in [-0.1, -0.05) is 25.3 Å². The normalized spacial score (nSPS) is 15.2. The molecule has 0 radical (unpaired) electrons. The molecule has 0 spiro atoms. The van der Waals surface area contributed by atoms with Crippen LogP contribution < -0.4 is 10.2 Å². The largest absolute Gasteiger partial charge is 0.352 e. The van der Waals surface area contributed by atoms with Crippen LogP contribution in [0, 0.1) is 0 Å². The number of fused-ring (bicyclic) bond motifs is 1. The summed E-state index contributed by atoms with van der Waals surface area (Å²) in [6.45, 7) is 6.25. The lowest BCUT2D eigenvalue weighted by atomic mass is 10.0. The number of amides is 2. The summed E-state index contributed by atoms with van der Waals surface area (Å²) in [5.74, 6) is -0.0352. The van der Waals surface area contributed by atoms with Gasteiger partial charge >= 0.3 is 0 Å². The van der Waals surface area contributed by atoms with Crippen molar-refractivity contribution in [3.05, 3.63) is 78.1 Å². The van der Waals surface area contributed by atoms with E-state index in [4.69, 9.17) is 0 Å². The second kappa shape index (κ2) is 14.4. The van der Waals surface area contributed by atoms with Crippen LogP contribution in [0.15, 0.2) is 61.4 Å². The van der Waals surface area contributed by atoms with E-state index >= 15 is 0 Å². The summed E-state index contributed by atoms with van der Waals surface area (Å²) in [6.07, 6.45) is 16.7. The fraction of sp³-hybridized carbons (Fsp3) is 0.467. The Bertz CT molecular complexity index is 1150. The van der Waals surface area contributed by atoms with Gasteiger partial charge < -0.3 is 14.8 Å². The number of nitrogens with zero attached hydrogens (tertiary/aromatic N) is 5. The number of aromatic nitrogens is 3. The van der Waals surface area contributed by atoms with Gasteiger partial charge in [0.15, 0.2) is 0 Å². The summed E-state index contributed by atoms with van der Waals surface area (Å²) in [5, 5.41) is 3.07. The van der Waals surface area contributed by atoms with Crippen molar-refractivity contribution in [1.82, 2.24) is 24.8 Å². The number of imidazole rings is 1. The van der Waals surface area contributed by atoms with Gasteiger partial charge in [-0.05, 0) is 67.6 Å². The first-order chi connectivity index (χ1) is 18.6. The van der Waals surface area contributed by atoms with Crippen LogP contribution in [0.1, 0.15) is 73.4 Å². The third kappa shape index (κ3) is 8.25. The summed E-state index contributed by atoms with van der Waals surface area (Å²) in [7, 11) is 0. The Labute approximate surface area is 226 Å². The molecule has 1 aliphatic heterocycles. The summed E-state index contributed by atoms with van der Waals surface area (Å²) < 4.78 is 2.05. The number of unbranched alkanes of at least 4 members (excludes halogenated alkanes) is 1. The minimum atomic E-state index is -0.0743. The third-order valence-corrected chi connectivity index (χ3v) is 7.08. The number of hydrogen-bond acceptors (Lipinski definition) is 5. The van der Waals surface area contributed by atoms with Gasteiger partial charge in [-0.15, -0.1) is 0 Å². The van der Waals surface area contributed by atoms with E-state index in [1.807, 2.05) is 52.5 Å². The zero-order chi connectivity index (χ0) is 26.6. The van der Waals surface area contributed by atoms with Crippen molar-refractivity contribution in [3.8, 4) is 0 Å². The van der Waals surface area contributed by atoms with Gasteiger partial charge in [0.2, 0.25) is 5.91 Å². The van der Waals surface area contributed by atoms with Crippen molar-refractivity contribution in [2.45, 2.75) is 71.5 Å². The van der Waals surface area contributed by atoms with E-state index < -0.39 is 0 Å². The van der Waals surface area contributed by atoms with Gasteiger partial charge in [-0.25, -0.2) is 4.98 Å². The number of hydrogen-bond donors (Lipinski definition) is 1. The highest BCUT2D eigenvalue weighted by atomic mass is 16.2. The van der Waals surface area contributed by atoms with Gasteiger partial charge in [0.1, 0.15) is 0 Å². The highest BCUT2D eigenvalue weighted by Gasteiger charge is 2.20. The first kappa shape index (κ1) is 27.5. The Morgan fingerprint density at radius 1 is 0.974 bits per heavy atom. The van der Waals surface area contributed by atoms with E-state index in [1.165, 1.54) is 12.8 Å². The van der Waals surface area contributed by atoms with Crippen molar-refractivity contribution in [2.75, 3.05) is 24.5 Å². The molecule has 0 fully saturated rings. The summed E-state index contributed by atoms with van der Waals surface area (Å²) in [4.78, 5) is 38.4. The van der Waals surface area contributed by atoms with Crippen molar-refractivity contribution in [3.63, 3.8) is 0 Å². The lowest BCUT2D eigenvalue weighted by molar-refractivity contribution is -0.116. The number of pyridine rings is 1. The molecule has 1 N–H and O–H groups in total. The van der Waals surface area contributed by atoms with Crippen LogP contribution >= 0.6 is 0 Å². The van der Waals surface area contributed by atoms with E-state index in [2.05, 4.69) is 26.3 Å². The molecule has 0 unspecified atom stereocenters. The number of aryl methyl sites for hydroxylation is 1. The summed E-state index contributed by atoms with van der Waals surface area (Å²) in [6, 6.07) is 9.86. The Kier molecular flexibility index (Phi) is 10.4. The Hall–Kier alpha value is -3.52. The van der Waals surface area contributed by atoms with Crippen molar-refractivity contribution in [1.29, 1.82) is 0 Å². The van der Waals surface area contributed by atoms with Crippen LogP contribution in [0.5, 0.6) is 0 Å². The number of benzene rings is 1. The first-order valence-electron chi connectivity index (χ1n) is 13.9. The monoisotopic (exact) mass is 516 g/mol. The van der Waals surface area contributed by atoms with E-state index in [9.17, 15) is 9.59 Å². The number of carbonyl (C=O) groups excluding carboxylic acids is 2. The standard InChI is InChI=1S/C30H40N6O2/c1-25(37)36-18-7-4-2-3-6-17-35(22-26-10-9-13-31-21-26)23-28-20-27(11-12-29(28)36)30(38)33-14-5-8-16-34-19-15-32-24-34/h9-13,15,19-21,24H,2-8,14,16-18,22-23H2,1H3,(H,33,38). The van der Waals surface area contributed by atoms with Gasteiger partial charge in [-0.3, -0.25) is 19.5 Å². The lowest BCUT2D eigenvalue weighted by Crippen LogP contribution is -2.33. The van der Waals surface area contributed by atoms with Crippen LogP contribution in [-0.4, -0.2) is 50.9 Å². The molecule has 0 bridgehead atoms. The second-order valence-electron chi connectivity index (χ2n) is 10.1.